The number of hydrogen-bond donors (Lipinski definition) is 0. The van der Waals surface area contributed by atoms with E-state index in [1.807, 2.05) is 19.1 Å². The van der Waals surface area contributed by atoms with Crippen molar-refractivity contribution >= 4 is 24.0 Å². The van der Waals surface area contributed by atoms with E-state index in [9.17, 15) is 9.59 Å². The minimum Gasteiger partial charge on any atom is -0.465 e. The van der Waals surface area contributed by atoms with Gasteiger partial charge in [0.05, 0.1) is 5.56 Å². The van der Waals surface area contributed by atoms with Crippen LogP contribution in [0.5, 0.6) is 0 Å². The second kappa shape index (κ2) is 6.72. The zero-order valence-corrected chi connectivity index (χ0v) is 11.7. The third kappa shape index (κ3) is 3.71. The monoisotopic (exact) mass is 298 g/mol. The summed E-state index contributed by atoms with van der Waals surface area (Å²) in [5, 5.41) is 0. The summed E-state index contributed by atoms with van der Waals surface area (Å²) in [4.78, 5) is 22.2. The van der Waals surface area contributed by atoms with E-state index in [4.69, 9.17) is 21.1 Å². The molecule has 2 rings (SSSR count). The Labute approximate surface area is 121 Å². The van der Waals surface area contributed by atoms with Crippen molar-refractivity contribution in [2.45, 2.75) is 31.1 Å². The van der Waals surface area contributed by atoms with E-state index in [0.717, 1.165) is 5.56 Å². The number of ether oxygens (including phenoxy) is 3. The molecule has 0 saturated carbocycles. The highest BCUT2D eigenvalue weighted by Gasteiger charge is 2.37. The van der Waals surface area contributed by atoms with Crippen LogP contribution in [-0.4, -0.2) is 36.8 Å². The molecular weight excluding hydrogens is 284 g/mol. The minimum atomic E-state index is -0.550. The number of alkyl halides is 1. The van der Waals surface area contributed by atoms with Crippen LogP contribution in [0.2, 0.25) is 0 Å². The molecule has 0 amide bonds. The van der Waals surface area contributed by atoms with Crippen LogP contribution in [0.4, 0.5) is 0 Å². The first-order valence-electron chi connectivity index (χ1n) is 6.22. The molecule has 1 fully saturated rings. The van der Waals surface area contributed by atoms with Gasteiger partial charge >= 0.3 is 5.97 Å². The van der Waals surface area contributed by atoms with Gasteiger partial charge in [0.2, 0.25) is 0 Å². The first-order valence-corrected chi connectivity index (χ1v) is 6.66. The van der Waals surface area contributed by atoms with Crippen molar-refractivity contribution in [3.8, 4) is 0 Å². The number of halogens is 1. The smallest absolute Gasteiger partial charge is 0.338 e. The highest BCUT2D eigenvalue weighted by molar-refractivity contribution is 6.19. The molecule has 20 heavy (non-hydrogen) atoms. The van der Waals surface area contributed by atoms with Crippen LogP contribution in [0.15, 0.2) is 24.3 Å². The molecule has 0 aliphatic carbocycles. The highest BCUT2D eigenvalue weighted by Crippen LogP contribution is 2.26. The zero-order valence-electron chi connectivity index (χ0n) is 11.0. The fraction of sp³-hybridized carbons (Fsp3) is 0.429. The summed E-state index contributed by atoms with van der Waals surface area (Å²) in [6.45, 7) is 2.27. The van der Waals surface area contributed by atoms with E-state index in [1.165, 1.54) is 0 Å². The summed E-state index contributed by atoms with van der Waals surface area (Å²) >= 11 is 5.87. The second-order valence-corrected chi connectivity index (χ2v) is 5.05. The quantitative estimate of drug-likeness (QED) is 0.473. The van der Waals surface area contributed by atoms with Gasteiger partial charge in [-0.2, -0.15) is 0 Å². The summed E-state index contributed by atoms with van der Waals surface area (Å²) < 4.78 is 15.4. The average molecular weight is 299 g/mol. The van der Waals surface area contributed by atoms with Crippen LogP contribution in [0.1, 0.15) is 22.3 Å². The van der Waals surface area contributed by atoms with Gasteiger partial charge in [0.1, 0.15) is 24.4 Å². The summed E-state index contributed by atoms with van der Waals surface area (Å²) in [5.41, 5.74) is 0.971. The molecule has 0 aromatic heterocycles. The van der Waals surface area contributed by atoms with E-state index in [2.05, 4.69) is 4.74 Å². The molecule has 0 spiro atoms. The maximum Gasteiger partial charge on any atom is 0.338 e. The lowest BCUT2D eigenvalue weighted by Crippen LogP contribution is -2.31. The van der Waals surface area contributed by atoms with Crippen LogP contribution in [-0.2, 0) is 19.0 Å². The van der Waals surface area contributed by atoms with Crippen LogP contribution >= 0.6 is 11.6 Å². The van der Waals surface area contributed by atoms with Crippen LogP contribution < -0.4 is 0 Å². The van der Waals surface area contributed by atoms with Crippen molar-refractivity contribution in [3.05, 3.63) is 35.4 Å². The van der Waals surface area contributed by atoms with Gasteiger partial charge in [-0.3, -0.25) is 4.79 Å². The molecule has 5 nitrogen and oxygen atoms in total. The summed E-state index contributed by atoms with van der Waals surface area (Å²) in [6, 6.07) is 7.06. The maximum atomic E-state index is 12.0. The molecular formula is C14H15ClO5. The molecule has 1 saturated heterocycles. The molecule has 1 aromatic rings. The number of carbonyl (C=O) groups excluding carboxylic acids is 2. The van der Waals surface area contributed by atoms with Crippen molar-refractivity contribution < 1.29 is 23.8 Å². The lowest BCUT2D eigenvalue weighted by Gasteiger charge is -2.17. The molecule has 0 N–H and O–H groups in total. The number of hydrogen-bond acceptors (Lipinski definition) is 5. The predicted molar refractivity (Wildman–Crippen MR) is 71.5 cm³/mol. The molecule has 0 radical (unpaired) electrons. The molecule has 1 aliphatic rings. The first-order chi connectivity index (χ1) is 9.60. The van der Waals surface area contributed by atoms with Crippen molar-refractivity contribution in [1.82, 2.24) is 0 Å². The Bertz CT molecular complexity index is 473. The van der Waals surface area contributed by atoms with Gasteiger partial charge in [0, 0.05) is 6.42 Å². The molecule has 3 unspecified atom stereocenters. The molecule has 1 aliphatic heterocycles. The lowest BCUT2D eigenvalue weighted by atomic mass is 10.1. The van der Waals surface area contributed by atoms with Crippen molar-refractivity contribution in [2.24, 2.45) is 0 Å². The van der Waals surface area contributed by atoms with Gasteiger partial charge in [-0.1, -0.05) is 29.3 Å². The third-order valence-electron chi connectivity index (χ3n) is 3.03. The molecule has 0 bridgehead atoms. The van der Waals surface area contributed by atoms with Gasteiger partial charge in [0.15, 0.2) is 0 Å². The Morgan fingerprint density at radius 1 is 1.45 bits per heavy atom. The van der Waals surface area contributed by atoms with Crippen LogP contribution in [0.3, 0.4) is 0 Å². The molecule has 1 aromatic carbocycles. The van der Waals surface area contributed by atoms with E-state index < -0.39 is 23.7 Å². The van der Waals surface area contributed by atoms with E-state index in [0.29, 0.717) is 18.5 Å². The van der Waals surface area contributed by atoms with Crippen molar-refractivity contribution in [1.29, 1.82) is 0 Å². The Balaban J connectivity index is 1.98. The minimum absolute atomic E-state index is 0.0125. The van der Waals surface area contributed by atoms with Gasteiger partial charge in [-0.05, 0) is 19.1 Å². The van der Waals surface area contributed by atoms with Gasteiger partial charge < -0.3 is 14.2 Å². The Morgan fingerprint density at radius 3 is 2.80 bits per heavy atom. The SMILES string of the molecule is Cc1ccc(C(=O)OC2CC(Cl)OC2COC=O)cc1. The summed E-state index contributed by atoms with van der Waals surface area (Å²) in [6.07, 6.45) is -0.685. The van der Waals surface area contributed by atoms with E-state index in [-0.39, 0.29) is 6.61 Å². The Hall–Kier alpha value is -1.59. The Morgan fingerprint density at radius 2 is 2.15 bits per heavy atom. The highest BCUT2D eigenvalue weighted by atomic mass is 35.5. The zero-order chi connectivity index (χ0) is 14.5. The standard InChI is InChI=1S/C14H15ClO5/c1-9-2-4-10(5-3-9)14(17)20-11-6-13(15)19-12(11)7-18-8-16/h2-5,8,11-13H,6-7H2,1H3. The average Bonchev–Trinajstić information content (AvgIpc) is 2.77. The van der Waals surface area contributed by atoms with E-state index >= 15 is 0 Å². The normalized spacial score (nSPS) is 25.2. The van der Waals surface area contributed by atoms with E-state index in [1.54, 1.807) is 12.1 Å². The lowest BCUT2D eigenvalue weighted by molar-refractivity contribution is -0.133. The fourth-order valence-corrected chi connectivity index (χ4v) is 2.27. The fourth-order valence-electron chi connectivity index (χ4n) is 1.97. The maximum absolute atomic E-state index is 12.0. The second-order valence-electron chi connectivity index (χ2n) is 4.56. The number of rotatable bonds is 5. The topological polar surface area (TPSA) is 61.8 Å². The van der Waals surface area contributed by atoms with Crippen molar-refractivity contribution in [3.63, 3.8) is 0 Å². The number of carbonyl (C=O) groups is 2. The van der Waals surface area contributed by atoms with Gasteiger partial charge in [-0.25, -0.2) is 4.79 Å². The molecule has 108 valence electrons. The third-order valence-corrected chi connectivity index (χ3v) is 3.31. The predicted octanol–water partition coefficient (Wildman–Crippen LogP) is 2.05. The molecule has 1 heterocycles. The van der Waals surface area contributed by atoms with Gasteiger partial charge in [0.25, 0.3) is 6.47 Å². The largest absolute Gasteiger partial charge is 0.465 e. The number of aryl methyl sites for hydroxylation is 1. The summed E-state index contributed by atoms with van der Waals surface area (Å²) in [5.74, 6) is -0.444. The van der Waals surface area contributed by atoms with Crippen LogP contribution in [0.25, 0.3) is 0 Å². The molecule has 6 heteroatoms. The van der Waals surface area contributed by atoms with Crippen LogP contribution in [0, 0.1) is 6.92 Å². The van der Waals surface area contributed by atoms with Gasteiger partial charge in [-0.15, -0.1) is 0 Å². The Kier molecular flexibility index (Phi) is 4.98. The summed E-state index contributed by atoms with van der Waals surface area (Å²) in [7, 11) is 0. The first kappa shape index (κ1) is 14.8. The number of esters is 1. The number of benzene rings is 1. The molecule has 3 atom stereocenters. The van der Waals surface area contributed by atoms with Crippen molar-refractivity contribution in [2.75, 3.05) is 6.61 Å².